The van der Waals surface area contributed by atoms with Gasteiger partial charge in [-0.05, 0) is 38.5 Å². The Balaban J connectivity index is 2.03. The van der Waals surface area contributed by atoms with Crippen molar-refractivity contribution in [3.63, 3.8) is 0 Å². The number of ether oxygens (including phenoxy) is 1. The summed E-state index contributed by atoms with van der Waals surface area (Å²) in [5, 5.41) is 3.24. The molecule has 1 aromatic carbocycles. The molecule has 0 radical (unpaired) electrons. The maximum Gasteiger partial charge on any atom is 0.412 e. The molecule has 0 aliphatic carbocycles. The second-order valence-corrected chi connectivity index (χ2v) is 6.08. The molecule has 0 spiro atoms. The lowest BCUT2D eigenvalue weighted by molar-refractivity contribution is 0.0636. The first-order valence-electron chi connectivity index (χ1n) is 6.58. The minimum Gasteiger partial charge on any atom is -0.444 e. The Bertz CT molecular complexity index is 618. The van der Waals surface area contributed by atoms with Crippen molar-refractivity contribution in [2.24, 2.45) is 0 Å². The molecular formula is C15H18ClN3O2. The van der Waals surface area contributed by atoms with Crippen LogP contribution >= 0.6 is 11.6 Å². The zero-order valence-corrected chi connectivity index (χ0v) is 13.0. The van der Waals surface area contributed by atoms with Crippen molar-refractivity contribution in [3.8, 4) is 0 Å². The van der Waals surface area contributed by atoms with E-state index < -0.39 is 11.7 Å². The van der Waals surface area contributed by atoms with E-state index in [9.17, 15) is 4.79 Å². The van der Waals surface area contributed by atoms with E-state index in [1.165, 1.54) is 0 Å². The van der Waals surface area contributed by atoms with E-state index in [-0.39, 0.29) is 0 Å². The summed E-state index contributed by atoms with van der Waals surface area (Å²) < 4.78 is 7.11. The standard InChI is InChI=1S/C15H18ClN3O2/c1-15(2,3)21-14(20)18-12-5-4-11(13(16)8-12)9-19-7-6-17-10-19/h4-8,10H,9H2,1-3H3,(H,18,20). The van der Waals surface area contributed by atoms with Gasteiger partial charge >= 0.3 is 6.09 Å². The molecule has 0 fully saturated rings. The Morgan fingerprint density at radius 1 is 1.43 bits per heavy atom. The molecule has 0 aliphatic heterocycles. The molecular weight excluding hydrogens is 290 g/mol. The number of halogens is 1. The van der Waals surface area contributed by atoms with Crippen LogP contribution in [0.4, 0.5) is 10.5 Å². The van der Waals surface area contributed by atoms with Gasteiger partial charge in [0.1, 0.15) is 5.60 Å². The molecule has 0 unspecified atom stereocenters. The average molecular weight is 308 g/mol. The number of anilines is 1. The highest BCUT2D eigenvalue weighted by atomic mass is 35.5. The largest absolute Gasteiger partial charge is 0.444 e. The lowest BCUT2D eigenvalue weighted by Gasteiger charge is -2.19. The highest BCUT2D eigenvalue weighted by Gasteiger charge is 2.16. The highest BCUT2D eigenvalue weighted by molar-refractivity contribution is 6.31. The van der Waals surface area contributed by atoms with Crippen molar-refractivity contribution in [3.05, 3.63) is 47.5 Å². The van der Waals surface area contributed by atoms with Gasteiger partial charge in [0.15, 0.2) is 0 Å². The van der Waals surface area contributed by atoms with Gasteiger partial charge in [0.2, 0.25) is 0 Å². The second kappa shape index (κ2) is 6.18. The fraction of sp³-hybridized carbons (Fsp3) is 0.333. The predicted molar refractivity (Wildman–Crippen MR) is 82.6 cm³/mol. The predicted octanol–water partition coefficient (Wildman–Crippen LogP) is 3.93. The van der Waals surface area contributed by atoms with E-state index in [1.807, 2.05) is 37.6 Å². The van der Waals surface area contributed by atoms with Gasteiger partial charge in [-0.1, -0.05) is 17.7 Å². The molecule has 2 rings (SSSR count). The number of nitrogens with zero attached hydrogens (tertiary/aromatic N) is 2. The van der Waals surface area contributed by atoms with Gasteiger partial charge in [0, 0.05) is 29.6 Å². The third-order valence-corrected chi connectivity index (χ3v) is 2.96. The highest BCUT2D eigenvalue weighted by Crippen LogP contribution is 2.22. The van der Waals surface area contributed by atoms with Crippen LogP contribution in [0.5, 0.6) is 0 Å². The molecule has 0 bridgehead atoms. The van der Waals surface area contributed by atoms with Gasteiger partial charge < -0.3 is 9.30 Å². The van der Waals surface area contributed by atoms with Crippen LogP contribution in [0.2, 0.25) is 5.02 Å². The van der Waals surface area contributed by atoms with Gasteiger partial charge in [-0.2, -0.15) is 0 Å². The number of aromatic nitrogens is 2. The van der Waals surface area contributed by atoms with E-state index in [0.717, 1.165) is 5.56 Å². The number of carbonyl (C=O) groups is 1. The summed E-state index contributed by atoms with van der Waals surface area (Å²) in [6.45, 7) is 6.07. The van der Waals surface area contributed by atoms with E-state index in [1.54, 1.807) is 24.7 Å². The summed E-state index contributed by atoms with van der Waals surface area (Å²) >= 11 is 6.24. The smallest absolute Gasteiger partial charge is 0.412 e. The second-order valence-electron chi connectivity index (χ2n) is 5.67. The first kappa shape index (κ1) is 15.4. The Hall–Kier alpha value is -2.01. The van der Waals surface area contributed by atoms with Crippen LogP contribution in [0.15, 0.2) is 36.9 Å². The van der Waals surface area contributed by atoms with Crippen molar-refractivity contribution < 1.29 is 9.53 Å². The van der Waals surface area contributed by atoms with Crippen LogP contribution in [0.1, 0.15) is 26.3 Å². The first-order chi connectivity index (χ1) is 9.83. The fourth-order valence-corrected chi connectivity index (χ4v) is 1.99. The number of amides is 1. The van der Waals surface area contributed by atoms with Crippen molar-refractivity contribution in [1.29, 1.82) is 0 Å². The van der Waals surface area contributed by atoms with Gasteiger partial charge in [0.25, 0.3) is 0 Å². The van der Waals surface area contributed by atoms with Crippen molar-refractivity contribution in [2.45, 2.75) is 32.9 Å². The van der Waals surface area contributed by atoms with Gasteiger partial charge in [-0.25, -0.2) is 9.78 Å². The third kappa shape index (κ3) is 4.79. The lowest BCUT2D eigenvalue weighted by atomic mass is 10.2. The summed E-state index contributed by atoms with van der Waals surface area (Å²) in [7, 11) is 0. The van der Waals surface area contributed by atoms with Crippen LogP contribution < -0.4 is 5.32 Å². The molecule has 0 aliphatic rings. The molecule has 0 saturated carbocycles. The topological polar surface area (TPSA) is 56.1 Å². The number of benzene rings is 1. The minimum atomic E-state index is -0.532. The quantitative estimate of drug-likeness (QED) is 0.934. The number of hydrogen-bond acceptors (Lipinski definition) is 3. The Morgan fingerprint density at radius 2 is 2.19 bits per heavy atom. The summed E-state index contributed by atoms with van der Waals surface area (Å²) in [6, 6.07) is 5.37. The van der Waals surface area contributed by atoms with Gasteiger partial charge in [0.05, 0.1) is 6.33 Å². The normalized spacial score (nSPS) is 11.2. The molecule has 21 heavy (non-hydrogen) atoms. The number of carbonyl (C=O) groups excluding carboxylic acids is 1. The monoisotopic (exact) mass is 307 g/mol. The molecule has 0 atom stereocenters. The van der Waals surface area contributed by atoms with E-state index >= 15 is 0 Å². The number of imidazole rings is 1. The molecule has 0 saturated heterocycles. The van der Waals surface area contributed by atoms with Gasteiger partial charge in [-0.15, -0.1) is 0 Å². The van der Waals surface area contributed by atoms with Crippen LogP contribution in [0.3, 0.4) is 0 Å². The van der Waals surface area contributed by atoms with Gasteiger partial charge in [-0.3, -0.25) is 5.32 Å². The molecule has 1 N–H and O–H groups in total. The molecule has 1 heterocycles. The zero-order valence-electron chi connectivity index (χ0n) is 12.3. The molecule has 6 heteroatoms. The molecule has 1 amide bonds. The van der Waals surface area contributed by atoms with Crippen LogP contribution in [0, 0.1) is 0 Å². The van der Waals surface area contributed by atoms with Crippen LogP contribution in [-0.4, -0.2) is 21.2 Å². The van der Waals surface area contributed by atoms with Crippen molar-refractivity contribution in [2.75, 3.05) is 5.32 Å². The lowest BCUT2D eigenvalue weighted by Crippen LogP contribution is -2.27. The maximum atomic E-state index is 11.7. The van der Waals surface area contributed by atoms with E-state index in [2.05, 4.69) is 10.3 Å². The third-order valence-electron chi connectivity index (χ3n) is 2.61. The molecule has 112 valence electrons. The summed E-state index contributed by atoms with van der Waals surface area (Å²) in [6.07, 6.45) is 4.81. The van der Waals surface area contributed by atoms with Crippen molar-refractivity contribution >= 4 is 23.4 Å². The zero-order chi connectivity index (χ0) is 15.5. The summed E-state index contributed by atoms with van der Waals surface area (Å²) in [4.78, 5) is 15.7. The van der Waals surface area contributed by atoms with E-state index in [0.29, 0.717) is 17.3 Å². The average Bonchev–Trinajstić information content (AvgIpc) is 2.83. The number of hydrogen-bond donors (Lipinski definition) is 1. The minimum absolute atomic E-state index is 0.499. The SMILES string of the molecule is CC(C)(C)OC(=O)Nc1ccc(Cn2ccnc2)c(Cl)c1. The van der Waals surface area contributed by atoms with E-state index in [4.69, 9.17) is 16.3 Å². The van der Waals surface area contributed by atoms with Crippen LogP contribution in [0.25, 0.3) is 0 Å². The summed E-state index contributed by atoms with van der Waals surface area (Å²) in [5.74, 6) is 0. The fourth-order valence-electron chi connectivity index (χ4n) is 1.75. The Morgan fingerprint density at radius 3 is 2.76 bits per heavy atom. The van der Waals surface area contributed by atoms with Crippen molar-refractivity contribution in [1.82, 2.24) is 9.55 Å². The molecule has 2 aromatic rings. The summed E-state index contributed by atoms with van der Waals surface area (Å²) in [5.41, 5.74) is 1.02. The van der Waals surface area contributed by atoms with Crippen LogP contribution in [-0.2, 0) is 11.3 Å². The number of rotatable bonds is 3. The Labute approximate surface area is 128 Å². The first-order valence-corrected chi connectivity index (χ1v) is 6.95. The molecule has 5 nitrogen and oxygen atoms in total. The molecule has 1 aromatic heterocycles. The Kier molecular flexibility index (Phi) is 4.53. The number of nitrogens with one attached hydrogen (secondary N) is 1. The maximum absolute atomic E-state index is 11.7.